The normalized spacial score (nSPS) is 19.1. The number of ketones is 2. The van der Waals surface area contributed by atoms with Crippen molar-refractivity contribution >= 4 is 45.2 Å². The number of carboxylic acids is 1. The first-order chi connectivity index (χ1) is 29.5. The van der Waals surface area contributed by atoms with Gasteiger partial charge in [-0.1, -0.05) is 36.4 Å². The number of H-pyrrole nitrogens is 2. The van der Waals surface area contributed by atoms with Crippen molar-refractivity contribution in [2.24, 2.45) is 17.6 Å². The largest absolute Gasteiger partial charge is 0.490 e. The summed E-state index contributed by atoms with van der Waals surface area (Å²) in [4.78, 5) is 62.0. The van der Waals surface area contributed by atoms with E-state index in [0.29, 0.717) is 38.5 Å². The van der Waals surface area contributed by atoms with Crippen molar-refractivity contribution in [1.29, 1.82) is 0 Å². The number of nitrogens with two attached hydrogens (primary N) is 1. The molecule has 0 unspecified atom stereocenters. The Labute approximate surface area is 355 Å². The Morgan fingerprint density at radius 3 is 1.64 bits per heavy atom. The molecule has 0 bridgehead atoms. The van der Waals surface area contributed by atoms with Gasteiger partial charge in [0.1, 0.15) is 17.3 Å². The van der Waals surface area contributed by atoms with Gasteiger partial charge in [0.25, 0.3) is 0 Å². The Bertz CT molecular complexity index is 2280. The van der Waals surface area contributed by atoms with Crippen LogP contribution in [0.4, 0.5) is 0 Å². The van der Waals surface area contributed by atoms with Crippen LogP contribution in [0.1, 0.15) is 76.6 Å². The van der Waals surface area contributed by atoms with E-state index in [1.807, 2.05) is 91.1 Å². The van der Waals surface area contributed by atoms with Gasteiger partial charge in [0.15, 0.2) is 5.78 Å². The number of amides is 1. The maximum Gasteiger partial charge on any atom is 0.306 e. The fourth-order valence-electron chi connectivity index (χ4n) is 7.65. The minimum atomic E-state index is -0.700. The van der Waals surface area contributed by atoms with Gasteiger partial charge in [-0.05, 0) is 114 Å². The zero-order valence-corrected chi connectivity index (χ0v) is 34.8. The van der Waals surface area contributed by atoms with Crippen molar-refractivity contribution in [1.82, 2.24) is 25.3 Å². The topological polar surface area (TPSA) is 202 Å². The van der Waals surface area contributed by atoms with E-state index in [1.54, 1.807) is 32.4 Å². The number of nitrogens with one attached hydrogen (secondary N) is 3. The number of carbonyl (C=O) groups is 4. The summed E-state index contributed by atoms with van der Waals surface area (Å²) in [7, 11) is 0. The molecule has 2 saturated carbocycles. The van der Waals surface area contributed by atoms with Gasteiger partial charge in [0, 0.05) is 76.7 Å². The number of hydrogen-bond donors (Lipinski definition) is 5. The van der Waals surface area contributed by atoms with Gasteiger partial charge >= 0.3 is 5.97 Å². The van der Waals surface area contributed by atoms with E-state index in [-0.39, 0.29) is 47.6 Å². The summed E-state index contributed by atoms with van der Waals surface area (Å²) in [6.45, 7) is 3.49. The summed E-state index contributed by atoms with van der Waals surface area (Å²) in [5.74, 6) is 0.718. The minimum absolute atomic E-state index is 0.0372. The number of pyridine rings is 2. The van der Waals surface area contributed by atoms with Crippen molar-refractivity contribution in [2.45, 2.75) is 102 Å². The van der Waals surface area contributed by atoms with Crippen LogP contribution < -0.4 is 20.5 Å². The van der Waals surface area contributed by atoms with E-state index in [4.69, 9.17) is 20.3 Å². The number of benzene rings is 2. The highest BCUT2D eigenvalue weighted by atomic mass is 16.5. The average molecular weight is 829 g/mol. The van der Waals surface area contributed by atoms with Crippen LogP contribution in [-0.4, -0.2) is 72.8 Å². The lowest BCUT2D eigenvalue weighted by molar-refractivity contribution is -0.141. The van der Waals surface area contributed by atoms with E-state index in [9.17, 15) is 19.2 Å². The smallest absolute Gasteiger partial charge is 0.306 e. The molecule has 6 atom stereocenters. The van der Waals surface area contributed by atoms with Crippen molar-refractivity contribution in [3.05, 3.63) is 121 Å². The summed E-state index contributed by atoms with van der Waals surface area (Å²) in [5.41, 5.74) is 9.63. The lowest BCUT2D eigenvalue weighted by atomic mass is 10.0. The molecule has 4 heterocycles. The van der Waals surface area contributed by atoms with Crippen LogP contribution in [0.5, 0.6) is 11.5 Å². The van der Waals surface area contributed by atoms with Gasteiger partial charge in [0.05, 0.1) is 30.2 Å². The summed E-state index contributed by atoms with van der Waals surface area (Å²) in [6.07, 6.45) is 13.9. The first-order valence-corrected chi connectivity index (χ1v) is 21.1. The van der Waals surface area contributed by atoms with E-state index in [1.165, 1.54) is 0 Å². The van der Waals surface area contributed by atoms with Crippen molar-refractivity contribution in [3.8, 4) is 11.5 Å². The molecule has 4 aromatic heterocycles. The molecule has 1 amide bonds. The summed E-state index contributed by atoms with van der Waals surface area (Å²) >= 11 is 0. The molecule has 2 aromatic carbocycles. The Morgan fingerprint density at radius 2 is 1.18 bits per heavy atom. The number of para-hydroxylation sites is 2. The third-order valence-electron chi connectivity index (χ3n) is 11.2. The number of Topliss-reactive ketones (excluding diaryl/α,β-unsaturated/α-hetero) is 2. The third-order valence-corrected chi connectivity index (χ3v) is 11.2. The molecule has 13 heteroatoms. The summed E-state index contributed by atoms with van der Waals surface area (Å²) in [6, 6.07) is 26.3. The minimum Gasteiger partial charge on any atom is -0.490 e. The van der Waals surface area contributed by atoms with Crippen LogP contribution in [0.25, 0.3) is 21.8 Å². The summed E-state index contributed by atoms with van der Waals surface area (Å²) in [5, 5.41) is 13.9. The highest BCUT2D eigenvalue weighted by molar-refractivity contribution is 5.90. The zero-order valence-electron chi connectivity index (χ0n) is 34.8. The third kappa shape index (κ3) is 13.3. The lowest BCUT2D eigenvalue weighted by Gasteiger charge is -2.17. The van der Waals surface area contributed by atoms with E-state index in [0.717, 1.165) is 70.4 Å². The molecular formula is C48H56N6O7. The number of rotatable bonds is 15. The zero-order chi connectivity index (χ0) is 43.1. The number of carboxylic acid groups (broad SMARTS) is 1. The van der Waals surface area contributed by atoms with Crippen LogP contribution in [0, 0.1) is 11.8 Å². The van der Waals surface area contributed by atoms with Crippen molar-refractivity contribution in [3.63, 3.8) is 0 Å². The Balaban J connectivity index is 0.000000169. The number of hydrogen-bond acceptors (Lipinski definition) is 9. The molecule has 8 rings (SSSR count). The first kappa shape index (κ1) is 44.2. The SMILES string of the molecule is C[C@H](N)C(=O)CCc1cc2cnccc2[nH]1.C[C@H](NC(=O)[C@@H]1CC[C@@H](Oc2ccccc2)C1)C(=O)CCc1cc2cnccc2[nH]1.O=C(O)[C@@H]1CC[C@@H](Oc2ccccc2)C1. The maximum absolute atomic E-state index is 12.6. The number of ether oxygens (including phenoxy) is 2. The molecule has 0 aliphatic heterocycles. The van der Waals surface area contributed by atoms with Crippen molar-refractivity contribution < 1.29 is 33.8 Å². The summed E-state index contributed by atoms with van der Waals surface area (Å²) < 4.78 is 11.7. The molecule has 13 nitrogen and oxygen atoms in total. The van der Waals surface area contributed by atoms with Crippen LogP contribution in [0.2, 0.25) is 0 Å². The molecule has 0 saturated heterocycles. The predicted molar refractivity (Wildman–Crippen MR) is 234 cm³/mol. The van der Waals surface area contributed by atoms with Gasteiger partial charge < -0.3 is 35.6 Å². The molecule has 61 heavy (non-hydrogen) atoms. The molecule has 0 spiro atoms. The highest BCUT2D eigenvalue weighted by Crippen LogP contribution is 2.30. The number of aryl methyl sites for hydroxylation is 2. The van der Waals surface area contributed by atoms with E-state index >= 15 is 0 Å². The molecule has 320 valence electrons. The van der Waals surface area contributed by atoms with Gasteiger partial charge in [-0.15, -0.1) is 0 Å². The lowest BCUT2D eigenvalue weighted by Crippen LogP contribution is -2.41. The van der Waals surface area contributed by atoms with E-state index < -0.39 is 12.0 Å². The molecule has 6 N–H and O–H groups in total. The second-order valence-corrected chi connectivity index (χ2v) is 15.9. The molecule has 2 fully saturated rings. The molecule has 2 aliphatic carbocycles. The average Bonchev–Trinajstić information content (AvgIpc) is 4.10. The van der Waals surface area contributed by atoms with Crippen LogP contribution in [-0.2, 0) is 32.0 Å². The Hall–Kier alpha value is -6.34. The molecule has 0 radical (unpaired) electrons. The van der Waals surface area contributed by atoms with Crippen LogP contribution >= 0.6 is 0 Å². The Kier molecular flexibility index (Phi) is 15.8. The monoisotopic (exact) mass is 828 g/mol. The van der Waals surface area contributed by atoms with Gasteiger partial charge in [-0.25, -0.2) is 0 Å². The van der Waals surface area contributed by atoms with Gasteiger partial charge in [-0.2, -0.15) is 0 Å². The Morgan fingerprint density at radius 1 is 0.705 bits per heavy atom. The number of aliphatic carboxylic acids is 1. The second kappa shape index (κ2) is 21.8. The first-order valence-electron chi connectivity index (χ1n) is 21.1. The fourth-order valence-corrected chi connectivity index (χ4v) is 7.65. The van der Waals surface area contributed by atoms with Gasteiger partial charge in [-0.3, -0.25) is 29.1 Å². The number of aromatic amines is 2. The predicted octanol–water partition coefficient (Wildman–Crippen LogP) is 7.55. The fraction of sp³-hybridized carbons (Fsp3) is 0.375. The van der Waals surface area contributed by atoms with E-state index in [2.05, 4.69) is 25.3 Å². The van der Waals surface area contributed by atoms with Gasteiger partial charge in [0.2, 0.25) is 5.91 Å². The molecular weight excluding hydrogens is 773 g/mol. The van der Waals surface area contributed by atoms with Crippen molar-refractivity contribution in [2.75, 3.05) is 0 Å². The number of carbonyl (C=O) groups excluding carboxylic acids is 3. The quantitative estimate of drug-likeness (QED) is 0.0688. The van der Waals surface area contributed by atoms with Crippen LogP contribution in [0.15, 0.2) is 110 Å². The standard InChI is InChI=1S/C24H27N3O3.C12H15N3O.C12H14O3/c1-16(23(28)10-8-19-13-18-15-25-12-11-22(18)27-19)26-24(29)17-7-9-21(14-17)30-20-5-3-2-4-6-20;1-8(13)12(16)3-2-10-6-9-7-14-5-4-11(9)15-10;13-12(14)9-6-7-11(8-9)15-10-4-2-1-3-5-10/h2-6,11-13,15-17,21,27H,7-10,14H2,1H3,(H,26,29);4-8,15H,2-3,13H2,1H3;1-5,9,11H,6-8H2,(H,13,14)/t16-,17+,21+;8-;9-,11-/m001/s1. The number of aromatic nitrogens is 4. The maximum atomic E-state index is 12.6. The molecule has 6 aromatic rings. The van der Waals surface area contributed by atoms with Crippen LogP contribution in [0.3, 0.4) is 0 Å². The second-order valence-electron chi connectivity index (χ2n) is 15.9. The number of nitrogens with zero attached hydrogens (tertiary/aromatic N) is 2. The molecule has 2 aliphatic rings. The number of fused-ring (bicyclic) bond motifs is 2. The highest BCUT2D eigenvalue weighted by Gasteiger charge is 2.33.